The first-order valence-electron chi connectivity index (χ1n) is 14.4. The van der Waals surface area contributed by atoms with E-state index in [0.717, 1.165) is 17.6 Å². The van der Waals surface area contributed by atoms with Crippen LogP contribution in [0.15, 0.2) is 54.6 Å². The predicted molar refractivity (Wildman–Crippen MR) is 146 cm³/mol. The van der Waals surface area contributed by atoms with Crippen LogP contribution in [0.25, 0.3) is 0 Å². The van der Waals surface area contributed by atoms with Gasteiger partial charge >= 0.3 is 0 Å². The third-order valence-electron chi connectivity index (χ3n) is 9.52. The molecule has 2 bridgehead atoms. The van der Waals surface area contributed by atoms with Crippen LogP contribution in [0, 0.1) is 17.3 Å². The van der Waals surface area contributed by atoms with Crippen molar-refractivity contribution in [3.8, 4) is 5.75 Å². The molecule has 2 aliphatic heterocycles. The van der Waals surface area contributed by atoms with Crippen molar-refractivity contribution in [1.29, 1.82) is 0 Å². The van der Waals surface area contributed by atoms with Gasteiger partial charge in [0.05, 0.1) is 13.2 Å². The van der Waals surface area contributed by atoms with E-state index in [1.807, 2.05) is 0 Å². The Labute approximate surface area is 213 Å². The summed E-state index contributed by atoms with van der Waals surface area (Å²) in [6.45, 7) is 8.70. The molecule has 1 spiro atoms. The quantitative estimate of drug-likeness (QED) is 0.358. The van der Waals surface area contributed by atoms with E-state index in [1.54, 1.807) is 7.11 Å². The molecule has 1 aliphatic carbocycles. The van der Waals surface area contributed by atoms with Crippen LogP contribution in [-0.2, 0) is 0 Å². The van der Waals surface area contributed by atoms with Gasteiger partial charge < -0.3 is 9.64 Å². The molecule has 3 atom stereocenters. The molecule has 0 radical (unpaired) electrons. The summed E-state index contributed by atoms with van der Waals surface area (Å²) < 4.78 is 5.48. The van der Waals surface area contributed by atoms with E-state index in [4.69, 9.17) is 4.74 Å². The monoisotopic (exact) mass is 474 g/mol. The van der Waals surface area contributed by atoms with Gasteiger partial charge in [-0.05, 0) is 66.3 Å². The molecule has 3 unspecified atom stereocenters. The Morgan fingerprint density at radius 1 is 0.800 bits per heavy atom. The Hall–Kier alpha value is -1.84. The van der Waals surface area contributed by atoms with Crippen molar-refractivity contribution in [3.63, 3.8) is 0 Å². The second kappa shape index (κ2) is 11.5. The van der Waals surface area contributed by atoms with Crippen LogP contribution < -0.4 is 4.74 Å². The number of likely N-dealkylation sites (tertiary alicyclic amines) is 2. The lowest BCUT2D eigenvalue weighted by Gasteiger charge is -2.61. The fourth-order valence-electron chi connectivity index (χ4n) is 7.73. The third-order valence-corrected chi connectivity index (χ3v) is 9.52. The maximum atomic E-state index is 5.48. The lowest BCUT2D eigenvalue weighted by atomic mass is 9.55. The molecule has 5 rings (SSSR count). The fourth-order valence-corrected chi connectivity index (χ4v) is 7.73. The second-order valence-electron chi connectivity index (χ2n) is 11.5. The number of hydrogen-bond donors (Lipinski definition) is 0. The van der Waals surface area contributed by atoms with Crippen molar-refractivity contribution in [3.05, 3.63) is 65.7 Å². The second-order valence-corrected chi connectivity index (χ2v) is 11.5. The fraction of sp³-hybridized carbons (Fsp3) is 0.625. The van der Waals surface area contributed by atoms with E-state index in [1.165, 1.54) is 102 Å². The molecule has 1 saturated carbocycles. The molecule has 2 aromatic carbocycles. The molecule has 2 heterocycles. The van der Waals surface area contributed by atoms with E-state index in [-0.39, 0.29) is 0 Å². The van der Waals surface area contributed by atoms with Crippen LogP contribution in [0.4, 0.5) is 0 Å². The first-order chi connectivity index (χ1) is 17.2. The summed E-state index contributed by atoms with van der Waals surface area (Å²) in [5, 5.41) is 0. The summed E-state index contributed by atoms with van der Waals surface area (Å²) in [6, 6.07) is 20.4. The summed E-state index contributed by atoms with van der Waals surface area (Å²) in [4.78, 5) is 5.70. The lowest BCUT2D eigenvalue weighted by Crippen LogP contribution is -2.64. The normalized spacial score (nSPS) is 25.4. The van der Waals surface area contributed by atoms with Crippen LogP contribution in [0.3, 0.4) is 0 Å². The largest absolute Gasteiger partial charge is 0.497 e. The highest BCUT2D eigenvalue weighted by Gasteiger charge is 2.53. The van der Waals surface area contributed by atoms with Crippen LogP contribution in [0.1, 0.15) is 81.9 Å². The number of unbranched alkanes of at least 4 members (excludes halogenated alkanes) is 3. The summed E-state index contributed by atoms with van der Waals surface area (Å²) in [7, 11) is 1.76. The van der Waals surface area contributed by atoms with Crippen LogP contribution in [0.5, 0.6) is 5.75 Å². The van der Waals surface area contributed by atoms with Gasteiger partial charge in [-0.3, -0.25) is 4.90 Å². The van der Waals surface area contributed by atoms with E-state index < -0.39 is 0 Å². The molecule has 2 saturated heterocycles. The zero-order chi connectivity index (χ0) is 24.1. The maximum Gasteiger partial charge on any atom is 0.118 e. The average molecular weight is 475 g/mol. The molecule has 3 fully saturated rings. The highest BCUT2D eigenvalue weighted by atomic mass is 16.5. The first-order valence-corrected chi connectivity index (χ1v) is 14.4. The third kappa shape index (κ3) is 5.32. The molecule has 0 amide bonds. The molecule has 3 aliphatic rings. The minimum atomic E-state index is 0.323. The molecule has 3 nitrogen and oxygen atoms in total. The highest BCUT2D eigenvalue weighted by Crippen LogP contribution is 2.55. The number of piperidine rings is 2. The highest BCUT2D eigenvalue weighted by molar-refractivity contribution is 5.36. The number of benzene rings is 2. The lowest BCUT2D eigenvalue weighted by molar-refractivity contribution is -0.117. The minimum absolute atomic E-state index is 0.323. The molecule has 35 heavy (non-hydrogen) atoms. The summed E-state index contributed by atoms with van der Waals surface area (Å²) >= 11 is 0. The zero-order valence-electron chi connectivity index (χ0n) is 22.1. The van der Waals surface area contributed by atoms with Gasteiger partial charge in [0.2, 0.25) is 0 Å². The van der Waals surface area contributed by atoms with Crippen molar-refractivity contribution < 1.29 is 4.74 Å². The van der Waals surface area contributed by atoms with E-state index in [2.05, 4.69) is 71.3 Å². The Morgan fingerprint density at radius 3 is 2.09 bits per heavy atom. The van der Waals surface area contributed by atoms with Gasteiger partial charge in [-0.25, -0.2) is 0 Å². The molecular weight excluding hydrogens is 428 g/mol. The summed E-state index contributed by atoms with van der Waals surface area (Å²) in [5.74, 6) is 2.54. The first kappa shape index (κ1) is 24.8. The van der Waals surface area contributed by atoms with Crippen molar-refractivity contribution >= 4 is 0 Å². The Kier molecular flexibility index (Phi) is 8.14. The van der Waals surface area contributed by atoms with E-state index in [0.29, 0.717) is 11.5 Å². The van der Waals surface area contributed by atoms with Crippen molar-refractivity contribution in [2.75, 3.05) is 39.8 Å². The average Bonchev–Trinajstić information content (AvgIpc) is 2.89. The topological polar surface area (TPSA) is 15.7 Å². The Morgan fingerprint density at radius 2 is 1.46 bits per heavy atom. The molecule has 2 aromatic rings. The van der Waals surface area contributed by atoms with Crippen LogP contribution in [0.2, 0.25) is 0 Å². The zero-order valence-corrected chi connectivity index (χ0v) is 22.1. The SMILES string of the molecule is CCCCCCN1CC2CN(C(c3ccccc3)c3ccc(OC)cc3)CC(C1)C21CCCCC1. The van der Waals surface area contributed by atoms with Gasteiger partial charge in [0.25, 0.3) is 0 Å². The number of ether oxygens (including phenoxy) is 1. The smallest absolute Gasteiger partial charge is 0.118 e. The predicted octanol–water partition coefficient (Wildman–Crippen LogP) is 7.18. The van der Waals surface area contributed by atoms with E-state index in [9.17, 15) is 0 Å². The number of nitrogens with zero attached hydrogens (tertiary/aromatic N) is 2. The summed E-state index contributed by atoms with van der Waals surface area (Å²) in [5.41, 5.74) is 3.41. The molecule has 0 N–H and O–H groups in total. The minimum Gasteiger partial charge on any atom is -0.497 e. The van der Waals surface area contributed by atoms with Crippen molar-refractivity contribution in [2.45, 2.75) is 70.8 Å². The summed E-state index contributed by atoms with van der Waals surface area (Å²) in [6.07, 6.45) is 12.8. The van der Waals surface area contributed by atoms with Crippen LogP contribution >= 0.6 is 0 Å². The van der Waals surface area contributed by atoms with Gasteiger partial charge in [-0.1, -0.05) is 87.9 Å². The van der Waals surface area contributed by atoms with Gasteiger partial charge in [-0.15, -0.1) is 0 Å². The number of hydrogen-bond acceptors (Lipinski definition) is 3. The molecule has 190 valence electrons. The van der Waals surface area contributed by atoms with Crippen molar-refractivity contribution in [1.82, 2.24) is 9.80 Å². The van der Waals surface area contributed by atoms with Gasteiger partial charge in [0.15, 0.2) is 0 Å². The van der Waals surface area contributed by atoms with Gasteiger partial charge in [0.1, 0.15) is 5.75 Å². The Bertz CT molecular complexity index is 887. The van der Waals surface area contributed by atoms with Gasteiger partial charge in [0, 0.05) is 26.2 Å². The number of methoxy groups -OCH3 is 1. The van der Waals surface area contributed by atoms with Crippen LogP contribution in [-0.4, -0.2) is 49.6 Å². The van der Waals surface area contributed by atoms with Gasteiger partial charge in [-0.2, -0.15) is 0 Å². The molecular formula is C32H46N2O. The van der Waals surface area contributed by atoms with E-state index >= 15 is 0 Å². The molecule has 0 aromatic heterocycles. The molecule has 3 heteroatoms. The van der Waals surface area contributed by atoms with Crippen molar-refractivity contribution in [2.24, 2.45) is 17.3 Å². The standard InChI is InChI=1S/C32H46N2O/c1-3-4-5-12-21-33-22-28-24-34(25-29(23-33)32(28)19-10-7-11-20-32)31(26-13-8-6-9-14-26)27-15-17-30(35-2)18-16-27/h6,8-9,13-18,28-29,31H,3-5,7,10-12,19-25H2,1-2H3. The number of rotatable bonds is 9. The maximum absolute atomic E-state index is 5.48. The Balaban J connectivity index is 1.41.